The number of carbonyl (C=O) groups is 2. The fraction of sp³-hybridized carbons (Fsp3) is 0.353. The lowest BCUT2D eigenvalue weighted by molar-refractivity contribution is -0.144. The molecular formula is C17H19N5O4. The highest BCUT2D eigenvalue weighted by atomic mass is 16.5. The maximum atomic E-state index is 12.3. The van der Waals surface area contributed by atoms with Crippen LogP contribution in [0.4, 0.5) is 11.9 Å². The number of nitrogens with zero attached hydrogens (tertiary/aromatic N) is 4. The molecule has 9 heteroatoms. The lowest BCUT2D eigenvalue weighted by Crippen LogP contribution is -2.34. The van der Waals surface area contributed by atoms with Gasteiger partial charge in [-0.2, -0.15) is 9.67 Å². The monoisotopic (exact) mass is 357 g/mol. The average molecular weight is 357 g/mol. The Morgan fingerprint density at radius 1 is 1.23 bits per heavy atom. The van der Waals surface area contributed by atoms with Crippen molar-refractivity contribution in [2.45, 2.75) is 20.4 Å². The maximum absolute atomic E-state index is 12.3. The topological polar surface area (TPSA) is 108 Å². The van der Waals surface area contributed by atoms with Crippen LogP contribution in [0.1, 0.15) is 24.2 Å². The molecular weight excluding hydrogens is 338 g/mol. The quantitative estimate of drug-likeness (QED) is 0.595. The van der Waals surface area contributed by atoms with Crippen LogP contribution in [-0.2, 0) is 16.1 Å². The predicted molar refractivity (Wildman–Crippen MR) is 93.9 cm³/mol. The molecule has 0 fully saturated rings. The number of rotatable bonds is 7. The number of carbonyl (C=O) groups excluding carboxylic acids is 2. The molecule has 1 aliphatic heterocycles. The predicted octanol–water partition coefficient (Wildman–Crippen LogP) is 1.82. The van der Waals surface area contributed by atoms with E-state index >= 15 is 0 Å². The molecule has 9 nitrogen and oxygen atoms in total. The average Bonchev–Trinajstić information content (AvgIpc) is 3.06. The molecule has 0 aliphatic carbocycles. The van der Waals surface area contributed by atoms with Crippen molar-refractivity contribution in [1.82, 2.24) is 14.8 Å². The van der Waals surface area contributed by atoms with E-state index in [0.29, 0.717) is 13.2 Å². The minimum absolute atomic E-state index is 0.129. The summed E-state index contributed by atoms with van der Waals surface area (Å²) in [4.78, 5) is 32.3. The van der Waals surface area contributed by atoms with Crippen molar-refractivity contribution in [2.75, 3.05) is 18.5 Å². The number of aliphatic imine (C=N–C) groups is 1. The molecule has 3 rings (SSSR count). The van der Waals surface area contributed by atoms with E-state index in [2.05, 4.69) is 20.4 Å². The summed E-state index contributed by atoms with van der Waals surface area (Å²) in [7, 11) is 0. The van der Waals surface area contributed by atoms with Gasteiger partial charge in [0.1, 0.15) is 5.75 Å². The van der Waals surface area contributed by atoms with E-state index in [-0.39, 0.29) is 18.5 Å². The van der Waals surface area contributed by atoms with Gasteiger partial charge in [-0.1, -0.05) is 12.1 Å². The number of hydrogen-bond acceptors (Lipinski definition) is 8. The molecule has 1 N–H and O–H groups in total. The normalized spacial score (nSPS) is 15.5. The third-order valence-corrected chi connectivity index (χ3v) is 3.63. The molecule has 0 spiro atoms. The summed E-state index contributed by atoms with van der Waals surface area (Å²) >= 11 is 0. The van der Waals surface area contributed by atoms with Crippen LogP contribution in [0.15, 0.2) is 29.3 Å². The van der Waals surface area contributed by atoms with E-state index in [1.54, 1.807) is 6.92 Å². The molecule has 0 radical (unpaired) electrons. The fourth-order valence-corrected chi connectivity index (χ4v) is 2.39. The summed E-state index contributed by atoms with van der Waals surface area (Å²) in [5.41, 5.74) is 1.00. The van der Waals surface area contributed by atoms with Crippen molar-refractivity contribution in [2.24, 2.45) is 10.9 Å². The number of esters is 1. The summed E-state index contributed by atoms with van der Waals surface area (Å²) in [6.07, 6.45) is 1.24. The zero-order valence-electron chi connectivity index (χ0n) is 14.5. The van der Waals surface area contributed by atoms with Gasteiger partial charge in [0.15, 0.2) is 5.92 Å². The number of aromatic nitrogens is 3. The molecule has 2 aromatic rings. The van der Waals surface area contributed by atoms with Crippen molar-refractivity contribution in [3.63, 3.8) is 0 Å². The van der Waals surface area contributed by atoms with Gasteiger partial charge in [0.2, 0.25) is 5.95 Å². The minimum Gasteiger partial charge on any atom is -0.494 e. The van der Waals surface area contributed by atoms with E-state index in [9.17, 15) is 9.59 Å². The van der Waals surface area contributed by atoms with Crippen LogP contribution in [0.25, 0.3) is 0 Å². The Kier molecular flexibility index (Phi) is 5.26. The molecule has 0 saturated carbocycles. The Morgan fingerprint density at radius 2 is 2.00 bits per heavy atom. The molecule has 136 valence electrons. The molecule has 1 unspecified atom stereocenters. The van der Waals surface area contributed by atoms with Crippen LogP contribution in [0, 0.1) is 5.92 Å². The Hall–Kier alpha value is -3.23. The first-order chi connectivity index (χ1) is 12.6. The van der Waals surface area contributed by atoms with Gasteiger partial charge < -0.3 is 14.8 Å². The lowest BCUT2D eigenvalue weighted by Gasteiger charge is -2.13. The number of ether oxygens (including phenoxy) is 2. The first-order valence-corrected chi connectivity index (χ1v) is 8.30. The number of anilines is 1. The van der Waals surface area contributed by atoms with Crippen molar-refractivity contribution >= 4 is 30.0 Å². The van der Waals surface area contributed by atoms with Crippen LogP contribution in [0.2, 0.25) is 0 Å². The Morgan fingerprint density at radius 3 is 2.69 bits per heavy atom. The summed E-state index contributed by atoms with van der Waals surface area (Å²) in [5.74, 6) is -1.09. The molecule has 26 heavy (non-hydrogen) atoms. The molecule has 1 aliphatic rings. The second kappa shape index (κ2) is 7.77. The highest BCUT2D eigenvalue weighted by Crippen LogP contribution is 2.20. The van der Waals surface area contributed by atoms with Crippen LogP contribution in [0.5, 0.6) is 5.75 Å². The van der Waals surface area contributed by atoms with Crippen LogP contribution >= 0.6 is 0 Å². The van der Waals surface area contributed by atoms with E-state index < -0.39 is 17.8 Å². The van der Waals surface area contributed by atoms with Gasteiger partial charge in [-0.3, -0.25) is 9.59 Å². The number of hydrogen-bond donors (Lipinski definition) is 1. The molecule has 1 atom stereocenters. The van der Waals surface area contributed by atoms with E-state index in [0.717, 1.165) is 16.0 Å². The van der Waals surface area contributed by atoms with Crippen molar-refractivity contribution in [3.8, 4) is 5.75 Å². The summed E-state index contributed by atoms with van der Waals surface area (Å²) in [5, 5.41) is 7.12. The fourth-order valence-electron chi connectivity index (χ4n) is 2.39. The van der Waals surface area contributed by atoms with Gasteiger partial charge in [0.25, 0.3) is 11.9 Å². The Labute approximate surface area is 150 Å². The Balaban J connectivity index is 1.66. The minimum atomic E-state index is -1.09. The first-order valence-electron chi connectivity index (χ1n) is 8.30. The van der Waals surface area contributed by atoms with Gasteiger partial charge in [-0.05, 0) is 31.5 Å². The van der Waals surface area contributed by atoms with Gasteiger partial charge in [0, 0.05) is 12.8 Å². The van der Waals surface area contributed by atoms with E-state index in [4.69, 9.17) is 9.47 Å². The van der Waals surface area contributed by atoms with Crippen LogP contribution < -0.4 is 10.1 Å². The van der Waals surface area contributed by atoms with Crippen LogP contribution in [-0.4, -0.2) is 46.1 Å². The maximum Gasteiger partial charge on any atom is 0.324 e. The Bertz CT molecular complexity index is 828. The second-order valence-corrected chi connectivity index (χ2v) is 5.42. The van der Waals surface area contributed by atoms with Crippen LogP contribution in [0.3, 0.4) is 0 Å². The van der Waals surface area contributed by atoms with Gasteiger partial charge in [0.05, 0.1) is 13.2 Å². The zero-order chi connectivity index (χ0) is 18.5. The largest absolute Gasteiger partial charge is 0.494 e. The summed E-state index contributed by atoms with van der Waals surface area (Å²) in [6, 6.07) is 7.61. The zero-order valence-corrected chi connectivity index (χ0v) is 14.5. The molecule has 1 aromatic heterocycles. The third kappa shape index (κ3) is 3.71. The van der Waals surface area contributed by atoms with Crippen molar-refractivity contribution < 1.29 is 19.1 Å². The van der Waals surface area contributed by atoms with Crippen molar-refractivity contribution in [1.29, 1.82) is 0 Å². The smallest absolute Gasteiger partial charge is 0.324 e. The number of fused-ring (bicyclic) bond motifs is 1. The lowest BCUT2D eigenvalue weighted by atomic mass is 10.1. The summed E-state index contributed by atoms with van der Waals surface area (Å²) < 4.78 is 11.3. The highest BCUT2D eigenvalue weighted by Gasteiger charge is 2.33. The van der Waals surface area contributed by atoms with E-state index in [1.807, 2.05) is 31.2 Å². The SMILES string of the molecule is CCOC(=O)C1C=Nc2nc(NCc3ccc(OCC)cc3)nn2C1=O. The molecule has 2 heterocycles. The molecule has 0 saturated heterocycles. The van der Waals surface area contributed by atoms with E-state index in [1.165, 1.54) is 6.21 Å². The summed E-state index contributed by atoms with van der Waals surface area (Å²) in [6.45, 7) is 4.87. The standard InChI is InChI=1S/C17H19N5O4/c1-3-25-12-7-5-11(6-8-12)9-18-16-20-17-19-10-13(15(24)26-4-2)14(23)22(17)21-16/h5-8,10,13H,3-4,9H2,1-2H3,(H,18,21). The van der Waals surface area contributed by atoms with Gasteiger partial charge >= 0.3 is 5.97 Å². The number of benzene rings is 1. The van der Waals surface area contributed by atoms with Gasteiger partial charge in [-0.25, -0.2) is 4.99 Å². The molecule has 0 amide bonds. The highest BCUT2D eigenvalue weighted by molar-refractivity contribution is 6.13. The number of nitrogens with one attached hydrogen (secondary N) is 1. The van der Waals surface area contributed by atoms with Gasteiger partial charge in [-0.15, -0.1) is 5.10 Å². The third-order valence-electron chi connectivity index (χ3n) is 3.63. The first kappa shape index (κ1) is 17.6. The molecule has 0 bridgehead atoms. The second-order valence-electron chi connectivity index (χ2n) is 5.42. The van der Waals surface area contributed by atoms with Crippen molar-refractivity contribution in [3.05, 3.63) is 29.8 Å². The molecule has 1 aromatic carbocycles.